The molecule has 0 bridgehead atoms. The van der Waals surface area contributed by atoms with E-state index in [-0.39, 0.29) is 6.04 Å². The van der Waals surface area contributed by atoms with Crippen molar-refractivity contribution in [2.45, 2.75) is 45.4 Å². The van der Waals surface area contributed by atoms with Gasteiger partial charge in [0.2, 0.25) is 0 Å². The predicted molar refractivity (Wildman–Crippen MR) is 122 cm³/mol. The summed E-state index contributed by atoms with van der Waals surface area (Å²) in [7, 11) is 0. The van der Waals surface area contributed by atoms with E-state index in [0.29, 0.717) is 13.0 Å². The summed E-state index contributed by atoms with van der Waals surface area (Å²) in [6.45, 7) is 5.48. The van der Waals surface area contributed by atoms with Gasteiger partial charge in [-0.05, 0) is 55.5 Å². The van der Waals surface area contributed by atoms with Crippen LogP contribution in [0.2, 0.25) is 0 Å². The van der Waals surface area contributed by atoms with Gasteiger partial charge in [-0.2, -0.15) is 0 Å². The number of likely N-dealkylation sites (tertiary alicyclic amines) is 1. The highest BCUT2D eigenvalue weighted by Gasteiger charge is 2.36. The number of hydrogen-bond donors (Lipinski definition) is 1. The monoisotopic (exact) mass is 415 g/mol. The quantitative estimate of drug-likeness (QED) is 0.552. The molecule has 0 amide bonds. The van der Waals surface area contributed by atoms with Crippen LogP contribution in [0.1, 0.15) is 46.7 Å². The molecule has 160 valence electrons. The van der Waals surface area contributed by atoms with Crippen molar-refractivity contribution in [3.8, 4) is 5.75 Å². The van der Waals surface area contributed by atoms with Crippen molar-refractivity contribution in [3.05, 3.63) is 101 Å². The number of rotatable bonds is 7. The molecule has 4 nitrogen and oxygen atoms in total. The number of ether oxygens (including phenoxy) is 1. The summed E-state index contributed by atoms with van der Waals surface area (Å²) in [4.78, 5) is 14.1. The van der Waals surface area contributed by atoms with Crippen LogP contribution in [0.15, 0.2) is 72.8 Å². The Bertz CT molecular complexity index is 1010. The molecule has 1 N–H and O–H groups in total. The summed E-state index contributed by atoms with van der Waals surface area (Å²) >= 11 is 0. The van der Waals surface area contributed by atoms with Crippen LogP contribution >= 0.6 is 0 Å². The molecule has 4 heteroatoms. The number of carboxylic acids is 1. The smallest absolute Gasteiger partial charge is 0.320 e. The van der Waals surface area contributed by atoms with E-state index in [4.69, 9.17) is 4.74 Å². The fourth-order valence-electron chi connectivity index (χ4n) is 4.59. The van der Waals surface area contributed by atoms with Gasteiger partial charge in [-0.15, -0.1) is 0 Å². The Morgan fingerprint density at radius 1 is 1.00 bits per heavy atom. The molecule has 4 rings (SSSR count). The topological polar surface area (TPSA) is 49.8 Å². The van der Waals surface area contributed by atoms with Crippen LogP contribution in [0.3, 0.4) is 0 Å². The first-order valence-electron chi connectivity index (χ1n) is 10.8. The second-order valence-electron chi connectivity index (χ2n) is 8.40. The lowest BCUT2D eigenvalue weighted by molar-refractivity contribution is -0.142. The van der Waals surface area contributed by atoms with Crippen molar-refractivity contribution in [2.75, 3.05) is 6.54 Å². The summed E-state index contributed by atoms with van der Waals surface area (Å²) in [5.74, 6) is 0.0673. The summed E-state index contributed by atoms with van der Waals surface area (Å²) < 4.78 is 5.95. The Labute approximate surface area is 184 Å². The molecular formula is C27H29NO3. The minimum Gasteiger partial charge on any atom is -0.489 e. The van der Waals surface area contributed by atoms with Gasteiger partial charge in [-0.1, -0.05) is 71.8 Å². The van der Waals surface area contributed by atoms with Crippen LogP contribution < -0.4 is 4.74 Å². The van der Waals surface area contributed by atoms with Crippen molar-refractivity contribution in [1.29, 1.82) is 0 Å². The standard InChI is InChI=1S/C27H29NO3/c1-19-15-20(2)17-23(16-19)26(28-14-6-9-25(28)27(29)30)22-10-12-24(13-11-22)31-18-21-7-4-3-5-8-21/h3-5,7-8,10-13,15-17,25-26H,6,9,14,18H2,1-2H3,(H,29,30). The molecule has 1 aliphatic heterocycles. The van der Waals surface area contributed by atoms with E-state index in [1.54, 1.807) is 0 Å². The van der Waals surface area contributed by atoms with E-state index in [0.717, 1.165) is 35.4 Å². The van der Waals surface area contributed by atoms with Gasteiger partial charge in [-0.3, -0.25) is 9.69 Å². The molecule has 3 aromatic carbocycles. The third-order valence-electron chi connectivity index (χ3n) is 5.91. The van der Waals surface area contributed by atoms with Gasteiger partial charge >= 0.3 is 5.97 Å². The van der Waals surface area contributed by atoms with E-state index < -0.39 is 12.0 Å². The van der Waals surface area contributed by atoms with Crippen molar-refractivity contribution in [3.63, 3.8) is 0 Å². The van der Waals surface area contributed by atoms with Gasteiger partial charge in [0.1, 0.15) is 18.4 Å². The molecule has 0 aromatic heterocycles. The second kappa shape index (κ2) is 9.36. The molecule has 31 heavy (non-hydrogen) atoms. The highest BCUT2D eigenvalue weighted by atomic mass is 16.5. The van der Waals surface area contributed by atoms with Gasteiger partial charge in [0, 0.05) is 6.54 Å². The number of nitrogens with zero attached hydrogens (tertiary/aromatic N) is 1. The van der Waals surface area contributed by atoms with Crippen molar-refractivity contribution < 1.29 is 14.6 Å². The molecule has 2 atom stereocenters. The minimum absolute atomic E-state index is 0.0922. The molecular weight excluding hydrogens is 386 g/mol. The molecule has 3 aromatic rings. The van der Waals surface area contributed by atoms with Gasteiger partial charge in [0.25, 0.3) is 0 Å². The summed E-state index contributed by atoms with van der Waals surface area (Å²) in [6.07, 6.45) is 1.59. The Morgan fingerprint density at radius 2 is 1.68 bits per heavy atom. The van der Waals surface area contributed by atoms with Gasteiger partial charge in [0.05, 0.1) is 6.04 Å². The molecule has 0 aliphatic carbocycles. The lowest BCUT2D eigenvalue weighted by Gasteiger charge is -2.32. The van der Waals surface area contributed by atoms with E-state index in [2.05, 4.69) is 49.1 Å². The number of benzene rings is 3. The average molecular weight is 416 g/mol. The number of carbonyl (C=O) groups is 1. The lowest BCUT2D eigenvalue weighted by atomic mass is 9.93. The van der Waals surface area contributed by atoms with E-state index in [9.17, 15) is 9.90 Å². The van der Waals surface area contributed by atoms with E-state index >= 15 is 0 Å². The van der Waals surface area contributed by atoms with Crippen LogP contribution in [0.25, 0.3) is 0 Å². The molecule has 1 fully saturated rings. The molecule has 1 aliphatic rings. The van der Waals surface area contributed by atoms with Gasteiger partial charge in [0.15, 0.2) is 0 Å². The van der Waals surface area contributed by atoms with Crippen LogP contribution in [-0.4, -0.2) is 28.6 Å². The Balaban J connectivity index is 1.62. The minimum atomic E-state index is -0.741. The van der Waals surface area contributed by atoms with Crippen molar-refractivity contribution in [2.24, 2.45) is 0 Å². The lowest BCUT2D eigenvalue weighted by Crippen LogP contribution is -2.39. The van der Waals surface area contributed by atoms with Gasteiger partial charge < -0.3 is 9.84 Å². The first-order chi connectivity index (χ1) is 15.0. The molecule has 0 radical (unpaired) electrons. The highest BCUT2D eigenvalue weighted by Crippen LogP contribution is 2.36. The van der Waals surface area contributed by atoms with Crippen LogP contribution in [0, 0.1) is 13.8 Å². The largest absolute Gasteiger partial charge is 0.489 e. The van der Waals surface area contributed by atoms with Crippen molar-refractivity contribution >= 4 is 5.97 Å². The SMILES string of the molecule is Cc1cc(C)cc(C(c2ccc(OCc3ccccc3)cc2)N2CCCC2C(=O)O)c1. The first kappa shape index (κ1) is 21.1. The van der Waals surface area contributed by atoms with Crippen LogP contribution in [-0.2, 0) is 11.4 Å². The molecule has 0 saturated carbocycles. The number of aliphatic carboxylic acids is 1. The predicted octanol–water partition coefficient (Wildman–Crippen LogP) is 5.52. The number of hydrogen-bond acceptors (Lipinski definition) is 3. The van der Waals surface area contributed by atoms with Crippen molar-refractivity contribution in [1.82, 2.24) is 4.90 Å². The Morgan fingerprint density at radius 3 is 2.32 bits per heavy atom. The second-order valence-corrected chi connectivity index (χ2v) is 8.40. The molecule has 0 spiro atoms. The maximum atomic E-state index is 11.9. The van der Waals surface area contributed by atoms with Gasteiger partial charge in [-0.25, -0.2) is 0 Å². The maximum Gasteiger partial charge on any atom is 0.320 e. The van der Waals surface area contributed by atoms with Crippen LogP contribution in [0.5, 0.6) is 5.75 Å². The Hall–Kier alpha value is -3.11. The zero-order chi connectivity index (χ0) is 21.8. The molecule has 2 unspecified atom stereocenters. The number of aryl methyl sites for hydroxylation is 2. The fourth-order valence-corrected chi connectivity index (χ4v) is 4.59. The maximum absolute atomic E-state index is 11.9. The first-order valence-corrected chi connectivity index (χ1v) is 10.8. The average Bonchev–Trinajstić information content (AvgIpc) is 3.23. The molecule has 1 saturated heterocycles. The van der Waals surface area contributed by atoms with E-state index in [1.807, 2.05) is 42.5 Å². The normalized spacial score (nSPS) is 17.4. The Kier molecular flexibility index (Phi) is 6.38. The van der Waals surface area contributed by atoms with E-state index in [1.165, 1.54) is 11.1 Å². The summed E-state index contributed by atoms with van der Waals surface area (Å²) in [6, 6.07) is 24.2. The third-order valence-corrected chi connectivity index (χ3v) is 5.91. The number of carboxylic acid groups (broad SMARTS) is 1. The van der Waals surface area contributed by atoms with Crippen LogP contribution in [0.4, 0.5) is 0 Å². The third kappa shape index (κ3) is 4.97. The zero-order valence-electron chi connectivity index (χ0n) is 18.1. The fraction of sp³-hybridized carbons (Fsp3) is 0.296. The summed E-state index contributed by atoms with van der Waals surface area (Å²) in [5, 5.41) is 9.80. The molecule has 1 heterocycles. The zero-order valence-corrected chi connectivity index (χ0v) is 18.1. The summed E-state index contributed by atoms with van der Waals surface area (Å²) in [5.41, 5.74) is 5.73. The highest BCUT2D eigenvalue weighted by molar-refractivity contribution is 5.74.